The predicted molar refractivity (Wildman–Crippen MR) is 63.9 cm³/mol. The molecule has 0 bridgehead atoms. The minimum atomic E-state index is 0.560. The monoisotopic (exact) mass is 214 g/mol. The Bertz CT molecular complexity index is 158. The molecule has 0 atom stereocenters. The molecule has 15 heavy (non-hydrogen) atoms. The lowest BCUT2D eigenvalue weighted by atomic mass is 9.80. The van der Waals surface area contributed by atoms with Gasteiger partial charge in [0.2, 0.25) is 0 Å². The molecule has 90 valence electrons. The maximum absolute atomic E-state index is 5.56. The third-order valence-electron chi connectivity index (χ3n) is 3.34. The number of rotatable bonds is 8. The maximum atomic E-state index is 5.56. The smallest absolute Gasteiger partial charge is 0.0580 e. The van der Waals surface area contributed by atoms with E-state index in [4.69, 9.17) is 10.5 Å². The largest absolute Gasteiger partial charge is 0.378 e. The summed E-state index contributed by atoms with van der Waals surface area (Å²) in [4.78, 5) is 2.44. The van der Waals surface area contributed by atoms with E-state index in [0.717, 1.165) is 32.2 Å². The summed E-state index contributed by atoms with van der Waals surface area (Å²) in [5.74, 6) is 0.897. The molecule has 3 nitrogen and oxygen atoms in total. The Labute approximate surface area is 94.0 Å². The molecule has 0 aromatic carbocycles. The van der Waals surface area contributed by atoms with Crippen LogP contribution in [0.25, 0.3) is 0 Å². The molecule has 0 amide bonds. The van der Waals surface area contributed by atoms with Crippen molar-refractivity contribution in [3.63, 3.8) is 0 Å². The molecule has 1 aliphatic carbocycles. The van der Waals surface area contributed by atoms with Gasteiger partial charge in [0.15, 0.2) is 0 Å². The van der Waals surface area contributed by atoms with Gasteiger partial charge in [-0.2, -0.15) is 0 Å². The molecule has 1 rings (SSSR count). The van der Waals surface area contributed by atoms with Gasteiger partial charge in [0.1, 0.15) is 0 Å². The van der Waals surface area contributed by atoms with Crippen LogP contribution in [0, 0.1) is 5.92 Å². The highest BCUT2D eigenvalue weighted by Gasteiger charge is 2.29. The fourth-order valence-corrected chi connectivity index (χ4v) is 2.26. The number of likely N-dealkylation sites (N-methyl/N-ethyl adjacent to an activating group) is 1. The first kappa shape index (κ1) is 12.9. The highest BCUT2D eigenvalue weighted by Crippen LogP contribution is 2.32. The minimum absolute atomic E-state index is 0.560. The molecule has 0 spiro atoms. The molecule has 0 unspecified atom stereocenters. The lowest BCUT2D eigenvalue weighted by Gasteiger charge is -2.36. The molecule has 3 heteroatoms. The van der Waals surface area contributed by atoms with Crippen molar-refractivity contribution in [2.24, 2.45) is 11.7 Å². The van der Waals surface area contributed by atoms with E-state index in [2.05, 4.69) is 18.7 Å². The Kier molecular flexibility index (Phi) is 6.22. The standard InChI is InChI=1S/C12H26N2O/c1-3-14(8-6-13)7-5-11-9-12(10-11)15-4-2/h11-12H,3-10,13H2,1-2H3. The second-order valence-corrected chi connectivity index (χ2v) is 4.43. The van der Waals surface area contributed by atoms with E-state index in [1.165, 1.54) is 25.8 Å². The van der Waals surface area contributed by atoms with Crippen LogP contribution in [0.1, 0.15) is 33.1 Å². The Morgan fingerprint density at radius 3 is 2.53 bits per heavy atom. The first-order chi connectivity index (χ1) is 7.30. The van der Waals surface area contributed by atoms with Gasteiger partial charge in [0.25, 0.3) is 0 Å². The van der Waals surface area contributed by atoms with Crippen LogP contribution in [0.3, 0.4) is 0 Å². The molecule has 0 aromatic heterocycles. The minimum Gasteiger partial charge on any atom is -0.378 e. The van der Waals surface area contributed by atoms with Crippen molar-refractivity contribution in [2.75, 3.05) is 32.8 Å². The molecule has 0 aliphatic heterocycles. The molecule has 0 aromatic rings. The van der Waals surface area contributed by atoms with Crippen LogP contribution in [0.2, 0.25) is 0 Å². The van der Waals surface area contributed by atoms with Gasteiger partial charge in [-0.3, -0.25) is 0 Å². The Balaban J connectivity index is 2.01. The quantitative estimate of drug-likeness (QED) is 0.665. The van der Waals surface area contributed by atoms with Crippen LogP contribution in [-0.4, -0.2) is 43.8 Å². The molecular formula is C12H26N2O. The molecule has 0 heterocycles. The summed E-state index contributed by atoms with van der Waals surface area (Å²) in [6.45, 7) is 9.30. The van der Waals surface area contributed by atoms with Gasteiger partial charge in [0, 0.05) is 19.7 Å². The van der Waals surface area contributed by atoms with Crippen LogP contribution in [0.15, 0.2) is 0 Å². The van der Waals surface area contributed by atoms with E-state index < -0.39 is 0 Å². The molecule has 1 aliphatic rings. The summed E-state index contributed by atoms with van der Waals surface area (Å²) < 4.78 is 5.56. The van der Waals surface area contributed by atoms with Crippen molar-refractivity contribution in [3.8, 4) is 0 Å². The fraction of sp³-hybridized carbons (Fsp3) is 1.00. The van der Waals surface area contributed by atoms with Gasteiger partial charge >= 0.3 is 0 Å². The highest BCUT2D eigenvalue weighted by atomic mass is 16.5. The van der Waals surface area contributed by atoms with E-state index in [1.54, 1.807) is 0 Å². The zero-order chi connectivity index (χ0) is 11.1. The van der Waals surface area contributed by atoms with E-state index in [-0.39, 0.29) is 0 Å². The van der Waals surface area contributed by atoms with Crippen molar-refractivity contribution < 1.29 is 4.74 Å². The summed E-state index contributed by atoms with van der Waals surface area (Å²) in [6.07, 6.45) is 4.42. The van der Waals surface area contributed by atoms with Crippen molar-refractivity contribution in [1.29, 1.82) is 0 Å². The van der Waals surface area contributed by atoms with Crippen molar-refractivity contribution in [2.45, 2.75) is 39.2 Å². The number of nitrogens with two attached hydrogens (primary N) is 1. The summed E-state index contributed by atoms with van der Waals surface area (Å²) in [5.41, 5.74) is 5.56. The SMILES string of the molecule is CCOC1CC(CCN(CC)CCN)C1. The Hall–Kier alpha value is -0.120. The topological polar surface area (TPSA) is 38.5 Å². The molecular weight excluding hydrogens is 188 g/mol. The summed E-state index contributed by atoms with van der Waals surface area (Å²) >= 11 is 0. The second kappa shape index (κ2) is 7.20. The van der Waals surface area contributed by atoms with Crippen molar-refractivity contribution in [1.82, 2.24) is 4.90 Å². The van der Waals surface area contributed by atoms with E-state index in [0.29, 0.717) is 6.10 Å². The molecule has 1 saturated carbocycles. The third-order valence-corrected chi connectivity index (χ3v) is 3.34. The van der Waals surface area contributed by atoms with Gasteiger partial charge in [-0.15, -0.1) is 0 Å². The average Bonchev–Trinajstić information content (AvgIpc) is 2.19. The van der Waals surface area contributed by atoms with Gasteiger partial charge in [0.05, 0.1) is 6.10 Å². The lowest BCUT2D eigenvalue weighted by molar-refractivity contribution is -0.0285. The zero-order valence-corrected chi connectivity index (χ0v) is 10.2. The number of nitrogens with zero attached hydrogens (tertiary/aromatic N) is 1. The summed E-state index contributed by atoms with van der Waals surface area (Å²) in [6, 6.07) is 0. The zero-order valence-electron chi connectivity index (χ0n) is 10.2. The fourth-order valence-electron chi connectivity index (χ4n) is 2.26. The van der Waals surface area contributed by atoms with Gasteiger partial charge in [-0.05, 0) is 45.2 Å². The van der Waals surface area contributed by atoms with Gasteiger partial charge in [-0.25, -0.2) is 0 Å². The molecule has 0 saturated heterocycles. The first-order valence-electron chi connectivity index (χ1n) is 6.34. The van der Waals surface area contributed by atoms with E-state index >= 15 is 0 Å². The van der Waals surface area contributed by atoms with Crippen LogP contribution < -0.4 is 5.73 Å². The van der Waals surface area contributed by atoms with E-state index in [1.807, 2.05) is 0 Å². The summed E-state index contributed by atoms with van der Waals surface area (Å²) in [7, 11) is 0. The number of ether oxygens (including phenoxy) is 1. The molecule has 2 N–H and O–H groups in total. The Morgan fingerprint density at radius 2 is 2.00 bits per heavy atom. The van der Waals surface area contributed by atoms with Gasteiger partial charge in [-0.1, -0.05) is 6.92 Å². The van der Waals surface area contributed by atoms with Crippen molar-refractivity contribution in [3.05, 3.63) is 0 Å². The second-order valence-electron chi connectivity index (χ2n) is 4.43. The molecule has 1 fully saturated rings. The Morgan fingerprint density at radius 1 is 1.27 bits per heavy atom. The molecule has 0 radical (unpaired) electrons. The highest BCUT2D eigenvalue weighted by molar-refractivity contribution is 4.80. The van der Waals surface area contributed by atoms with Crippen LogP contribution in [0.4, 0.5) is 0 Å². The van der Waals surface area contributed by atoms with E-state index in [9.17, 15) is 0 Å². The van der Waals surface area contributed by atoms with Crippen molar-refractivity contribution >= 4 is 0 Å². The van der Waals surface area contributed by atoms with Gasteiger partial charge < -0.3 is 15.4 Å². The maximum Gasteiger partial charge on any atom is 0.0580 e. The lowest BCUT2D eigenvalue weighted by Crippen LogP contribution is -2.36. The summed E-state index contributed by atoms with van der Waals surface area (Å²) in [5, 5.41) is 0. The average molecular weight is 214 g/mol. The van der Waals surface area contributed by atoms with Crippen LogP contribution in [0.5, 0.6) is 0 Å². The third kappa shape index (κ3) is 4.49. The normalized spacial score (nSPS) is 25.6. The predicted octanol–water partition coefficient (Wildman–Crippen LogP) is 1.47. The number of hydrogen-bond donors (Lipinski definition) is 1. The van der Waals surface area contributed by atoms with Crippen LogP contribution in [-0.2, 0) is 4.74 Å². The van der Waals surface area contributed by atoms with Crippen LogP contribution >= 0.6 is 0 Å². The first-order valence-corrected chi connectivity index (χ1v) is 6.34. The number of hydrogen-bond acceptors (Lipinski definition) is 3.